The molecule has 4 atom stereocenters. The summed E-state index contributed by atoms with van der Waals surface area (Å²) in [4.78, 5) is 14.7. The first kappa shape index (κ1) is 10.4. The van der Waals surface area contributed by atoms with Crippen molar-refractivity contribution in [1.82, 2.24) is 4.90 Å². The van der Waals surface area contributed by atoms with E-state index in [1.54, 1.807) is 0 Å². The molecular weight excluding hydrogens is 212 g/mol. The molecule has 2 N–H and O–H groups in total. The monoisotopic (exact) mass is 234 g/mol. The predicted octanol–water partition coefficient (Wildman–Crippen LogP) is 1.23. The molecule has 2 bridgehead atoms. The number of rotatable bonds is 4. The smallest absolute Gasteiger partial charge is 0.226 e. The number of nitrogens with two attached hydrogens (primary N) is 1. The Bertz CT molecular complexity index is 336. The van der Waals surface area contributed by atoms with Gasteiger partial charge in [0.2, 0.25) is 5.91 Å². The third kappa shape index (κ3) is 1.41. The summed E-state index contributed by atoms with van der Waals surface area (Å²) >= 11 is 0. The van der Waals surface area contributed by atoms with Gasteiger partial charge in [0.25, 0.3) is 0 Å². The summed E-state index contributed by atoms with van der Waals surface area (Å²) in [5.41, 5.74) is 5.64. The van der Waals surface area contributed by atoms with Gasteiger partial charge in [-0.2, -0.15) is 0 Å². The van der Waals surface area contributed by atoms with Crippen LogP contribution in [0.1, 0.15) is 32.1 Å². The summed E-state index contributed by atoms with van der Waals surface area (Å²) in [7, 11) is 0. The molecular formula is C14H22N2O. The molecule has 0 radical (unpaired) electrons. The van der Waals surface area contributed by atoms with E-state index < -0.39 is 0 Å². The summed E-state index contributed by atoms with van der Waals surface area (Å²) in [5.74, 6) is 4.23. The zero-order chi connectivity index (χ0) is 11.6. The molecule has 1 amide bonds. The second-order valence-electron chi connectivity index (χ2n) is 6.57. The molecule has 0 aliphatic heterocycles. The molecule has 4 aliphatic carbocycles. The standard InChI is InChI=1S/C14H22N2O/c15-5-6-16(10-3-4-10)14(17)13-11-8-1-2-9(7-8)12(11)13/h8-13H,1-7,15H2. The SMILES string of the molecule is NCCN(C(=O)C1C2C3CCC(C3)C12)C1CC1. The van der Waals surface area contributed by atoms with Crippen LogP contribution in [0.25, 0.3) is 0 Å². The fourth-order valence-electron chi connectivity index (χ4n) is 4.84. The number of fused-ring (bicyclic) bond motifs is 5. The highest BCUT2D eigenvalue weighted by atomic mass is 16.2. The van der Waals surface area contributed by atoms with Crippen molar-refractivity contribution >= 4 is 5.91 Å². The Morgan fingerprint density at radius 1 is 1.12 bits per heavy atom. The lowest BCUT2D eigenvalue weighted by molar-refractivity contribution is -0.134. The highest BCUT2D eigenvalue weighted by Crippen LogP contribution is 2.69. The van der Waals surface area contributed by atoms with Crippen LogP contribution in [-0.2, 0) is 4.79 Å². The normalized spacial score (nSPS) is 45.8. The van der Waals surface area contributed by atoms with Crippen molar-refractivity contribution in [2.24, 2.45) is 35.3 Å². The van der Waals surface area contributed by atoms with Gasteiger partial charge in [0.1, 0.15) is 0 Å². The van der Waals surface area contributed by atoms with E-state index in [1.165, 1.54) is 32.1 Å². The van der Waals surface area contributed by atoms with Crippen LogP contribution in [0.2, 0.25) is 0 Å². The lowest BCUT2D eigenvalue weighted by atomic mass is 10.0. The van der Waals surface area contributed by atoms with Crippen molar-refractivity contribution in [3.05, 3.63) is 0 Å². The molecule has 0 spiro atoms. The zero-order valence-electron chi connectivity index (χ0n) is 10.3. The molecule has 0 aromatic heterocycles. The van der Waals surface area contributed by atoms with Gasteiger partial charge in [-0.15, -0.1) is 0 Å². The van der Waals surface area contributed by atoms with Gasteiger partial charge in [-0.3, -0.25) is 4.79 Å². The number of carbonyl (C=O) groups excluding carboxylic acids is 1. The van der Waals surface area contributed by atoms with Gasteiger partial charge in [-0.25, -0.2) is 0 Å². The third-order valence-corrected chi connectivity index (χ3v) is 5.66. The lowest BCUT2D eigenvalue weighted by Gasteiger charge is -2.23. The minimum atomic E-state index is 0.411. The first-order valence-electron chi connectivity index (χ1n) is 7.32. The predicted molar refractivity (Wildman–Crippen MR) is 65.1 cm³/mol. The Kier molecular flexibility index (Phi) is 2.11. The van der Waals surface area contributed by atoms with Crippen LogP contribution in [0.4, 0.5) is 0 Å². The summed E-state index contributed by atoms with van der Waals surface area (Å²) in [6.07, 6.45) is 6.65. The van der Waals surface area contributed by atoms with Crippen molar-refractivity contribution < 1.29 is 4.79 Å². The van der Waals surface area contributed by atoms with Gasteiger partial charge >= 0.3 is 0 Å². The minimum absolute atomic E-state index is 0.411. The van der Waals surface area contributed by atoms with E-state index in [0.29, 0.717) is 24.4 Å². The van der Waals surface area contributed by atoms with E-state index in [1.807, 2.05) is 0 Å². The Morgan fingerprint density at radius 3 is 2.29 bits per heavy atom. The number of carbonyl (C=O) groups is 1. The first-order valence-corrected chi connectivity index (χ1v) is 7.32. The maximum absolute atomic E-state index is 12.6. The van der Waals surface area contributed by atoms with Crippen LogP contribution in [-0.4, -0.2) is 29.9 Å². The van der Waals surface area contributed by atoms with Gasteiger partial charge in [-0.05, 0) is 55.8 Å². The van der Waals surface area contributed by atoms with Crippen LogP contribution in [0, 0.1) is 29.6 Å². The van der Waals surface area contributed by atoms with Gasteiger partial charge in [0.15, 0.2) is 0 Å². The van der Waals surface area contributed by atoms with E-state index in [0.717, 1.165) is 30.2 Å². The van der Waals surface area contributed by atoms with E-state index in [4.69, 9.17) is 5.73 Å². The number of nitrogens with zero attached hydrogens (tertiary/aromatic N) is 1. The number of amides is 1. The molecule has 4 aliphatic rings. The fourth-order valence-corrected chi connectivity index (χ4v) is 4.84. The molecule has 4 saturated carbocycles. The topological polar surface area (TPSA) is 46.3 Å². The summed E-state index contributed by atoms with van der Waals surface area (Å²) in [5, 5.41) is 0. The average Bonchev–Trinajstić information content (AvgIpc) is 3.24. The van der Waals surface area contributed by atoms with Crippen LogP contribution in [0.5, 0.6) is 0 Å². The second-order valence-corrected chi connectivity index (χ2v) is 6.57. The Balaban J connectivity index is 1.47. The summed E-state index contributed by atoms with van der Waals surface area (Å²) < 4.78 is 0. The second kappa shape index (κ2) is 3.47. The molecule has 4 rings (SSSR count). The molecule has 4 fully saturated rings. The number of hydrogen-bond donors (Lipinski definition) is 1. The van der Waals surface area contributed by atoms with Gasteiger partial charge in [-0.1, -0.05) is 0 Å². The highest BCUT2D eigenvalue weighted by molar-refractivity contribution is 5.83. The van der Waals surface area contributed by atoms with Gasteiger partial charge < -0.3 is 10.6 Å². The third-order valence-electron chi connectivity index (χ3n) is 5.66. The van der Waals surface area contributed by atoms with Gasteiger partial charge in [0, 0.05) is 25.0 Å². The van der Waals surface area contributed by atoms with Crippen LogP contribution < -0.4 is 5.73 Å². The lowest BCUT2D eigenvalue weighted by Crippen LogP contribution is -2.39. The van der Waals surface area contributed by atoms with Crippen molar-refractivity contribution in [3.8, 4) is 0 Å². The highest BCUT2D eigenvalue weighted by Gasteiger charge is 2.68. The molecule has 94 valence electrons. The zero-order valence-corrected chi connectivity index (χ0v) is 10.3. The molecule has 3 heteroatoms. The van der Waals surface area contributed by atoms with Crippen molar-refractivity contribution in [2.45, 2.75) is 38.1 Å². The average molecular weight is 234 g/mol. The summed E-state index contributed by atoms with van der Waals surface area (Å²) in [6.45, 7) is 1.41. The Hall–Kier alpha value is -0.570. The Labute approximate surface area is 103 Å². The first-order chi connectivity index (χ1) is 8.31. The van der Waals surface area contributed by atoms with Gasteiger partial charge in [0.05, 0.1) is 0 Å². The Morgan fingerprint density at radius 2 is 1.76 bits per heavy atom. The summed E-state index contributed by atoms with van der Waals surface area (Å²) in [6, 6.07) is 0.546. The molecule has 3 nitrogen and oxygen atoms in total. The van der Waals surface area contributed by atoms with Crippen LogP contribution in [0.3, 0.4) is 0 Å². The van der Waals surface area contributed by atoms with Crippen molar-refractivity contribution in [1.29, 1.82) is 0 Å². The maximum Gasteiger partial charge on any atom is 0.226 e. The maximum atomic E-state index is 12.6. The molecule has 0 saturated heterocycles. The van der Waals surface area contributed by atoms with E-state index in [-0.39, 0.29) is 0 Å². The molecule has 0 aromatic carbocycles. The molecule has 17 heavy (non-hydrogen) atoms. The molecule has 0 aromatic rings. The minimum Gasteiger partial charge on any atom is -0.338 e. The van der Waals surface area contributed by atoms with Crippen molar-refractivity contribution in [2.75, 3.05) is 13.1 Å². The van der Waals surface area contributed by atoms with E-state index in [9.17, 15) is 4.79 Å². The van der Waals surface area contributed by atoms with E-state index in [2.05, 4.69) is 4.90 Å². The fraction of sp³-hybridized carbons (Fsp3) is 0.929. The quantitative estimate of drug-likeness (QED) is 0.795. The largest absolute Gasteiger partial charge is 0.338 e. The molecule has 0 heterocycles. The van der Waals surface area contributed by atoms with Crippen LogP contribution >= 0.6 is 0 Å². The van der Waals surface area contributed by atoms with Crippen LogP contribution in [0.15, 0.2) is 0 Å². The van der Waals surface area contributed by atoms with E-state index >= 15 is 0 Å². The number of hydrogen-bond acceptors (Lipinski definition) is 2. The van der Waals surface area contributed by atoms with Crippen molar-refractivity contribution in [3.63, 3.8) is 0 Å². The molecule has 4 unspecified atom stereocenters.